The van der Waals surface area contributed by atoms with E-state index in [1.807, 2.05) is 78.9 Å². The molecular formula is C36H37N7O4. The first-order valence-corrected chi connectivity index (χ1v) is 15.9. The van der Waals surface area contributed by atoms with E-state index in [0.717, 1.165) is 60.9 Å². The number of hydrogen-bond donors (Lipinski definition) is 2. The van der Waals surface area contributed by atoms with Crippen LogP contribution in [0.1, 0.15) is 46.5 Å². The Labute approximate surface area is 273 Å². The van der Waals surface area contributed by atoms with E-state index in [-0.39, 0.29) is 36.3 Å². The van der Waals surface area contributed by atoms with E-state index in [2.05, 4.69) is 42.0 Å². The molecule has 7 rings (SSSR count). The number of aliphatic hydroxyl groups excluding tert-OH is 1. The standard InChI is InChI=1S/C36H37N7O4/c1-24-32(22-42-17-19-43(20-18-42)36-37-15-4-16-38-36)46-35(47-33(24)26-9-7-25(23-44)8-10-26)27-11-13-28(14-12-27)40-34(45)31-21-39-29-5-2-3-6-30(29)41-31/h2-16,21,24,32-33,35,44H,17-20,22-23H2,1H3,(H,40,45)/t24-,32+,33+,35+/m0/s1. The molecule has 0 unspecified atom stereocenters. The molecule has 0 aliphatic carbocycles. The average Bonchev–Trinajstić information content (AvgIpc) is 3.13. The van der Waals surface area contributed by atoms with Crippen molar-refractivity contribution in [1.29, 1.82) is 0 Å². The summed E-state index contributed by atoms with van der Waals surface area (Å²) in [4.78, 5) is 35.2. The van der Waals surface area contributed by atoms with Crippen molar-refractivity contribution >= 4 is 28.6 Å². The summed E-state index contributed by atoms with van der Waals surface area (Å²) < 4.78 is 13.3. The number of piperazine rings is 1. The fraction of sp³-hybridized carbons (Fsp3) is 0.306. The molecule has 2 aromatic heterocycles. The van der Waals surface area contributed by atoms with Gasteiger partial charge in [-0.3, -0.25) is 14.7 Å². The van der Waals surface area contributed by atoms with Gasteiger partial charge in [-0.1, -0.05) is 55.5 Å². The molecular weight excluding hydrogens is 594 g/mol. The van der Waals surface area contributed by atoms with Gasteiger partial charge in [0.15, 0.2) is 6.29 Å². The second-order valence-electron chi connectivity index (χ2n) is 12.0. The first kappa shape index (κ1) is 30.8. The Kier molecular flexibility index (Phi) is 9.11. The lowest BCUT2D eigenvalue weighted by molar-refractivity contribution is -0.276. The van der Waals surface area contributed by atoms with Crippen molar-refractivity contribution in [3.05, 3.63) is 120 Å². The molecule has 2 N–H and O–H groups in total. The predicted octanol–water partition coefficient (Wildman–Crippen LogP) is 4.78. The lowest BCUT2D eigenvalue weighted by atomic mass is 9.90. The van der Waals surface area contributed by atoms with Crippen molar-refractivity contribution in [3.63, 3.8) is 0 Å². The highest BCUT2D eigenvalue weighted by molar-refractivity contribution is 6.03. The smallest absolute Gasteiger partial charge is 0.275 e. The molecule has 0 bridgehead atoms. The number of nitrogens with one attached hydrogen (secondary N) is 1. The van der Waals surface area contributed by atoms with Gasteiger partial charge in [0.2, 0.25) is 5.95 Å². The maximum absolute atomic E-state index is 13.0. The minimum Gasteiger partial charge on any atom is -0.392 e. The largest absolute Gasteiger partial charge is 0.392 e. The summed E-state index contributed by atoms with van der Waals surface area (Å²) >= 11 is 0. The monoisotopic (exact) mass is 631 g/mol. The van der Waals surface area contributed by atoms with Gasteiger partial charge in [-0.05, 0) is 41.5 Å². The fourth-order valence-electron chi connectivity index (χ4n) is 6.15. The SMILES string of the molecule is C[C@H]1[C@@H](CN2CCN(c3ncccn3)CC2)O[C@@H](c2ccc(NC(=O)c3cnc4ccccc4n3)cc2)O[C@H]1c1ccc(CO)cc1. The number of aromatic nitrogens is 4. The third-order valence-electron chi connectivity index (χ3n) is 8.89. The molecule has 0 saturated carbocycles. The van der Waals surface area contributed by atoms with Crippen LogP contribution in [0.5, 0.6) is 0 Å². The van der Waals surface area contributed by atoms with Crippen LogP contribution in [0.2, 0.25) is 0 Å². The molecule has 0 spiro atoms. The van der Waals surface area contributed by atoms with Crippen molar-refractivity contribution in [2.75, 3.05) is 42.9 Å². The number of aliphatic hydroxyl groups is 1. The molecule has 1 amide bonds. The predicted molar refractivity (Wildman–Crippen MR) is 178 cm³/mol. The van der Waals surface area contributed by atoms with Crippen molar-refractivity contribution < 1.29 is 19.4 Å². The van der Waals surface area contributed by atoms with Crippen LogP contribution in [-0.2, 0) is 16.1 Å². The van der Waals surface area contributed by atoms with Crippen LogP contribution in [0.4, 0.5) is 11.6 Å². The third-order valence-corrected chi connectivity index (χ3v) is 8.89. The van der Waals surface area contributed by atoms with Crippen LogP contribution in [-0.4, -0.2) is 74.7 Å². The Morgan fingerprint density at radius 1 is 0.851 bits per heavy atom. The quantitative estimate of drug-likeness (QED) is 0.247. The van der Waals surface area contributed by atoms with Crippen molar-refractivity contribution in [2.45, 2.75) is 32.0 Å². The van der Waals surface area contributed by atoms with Gasteiger partial charge in [0.25, 0.3) is 5.91 Å². The third kappa shape index (κ3) is 6.98. The molecule has 0 radical (unpaired) electrons. The van der Waals surface area contributed by atoms with Crippen LogP contribution in [0, 0.1) is 5.92 Å². The zero-order valence-electron chi connectivity index (χ0n) is 26.1. The normalized spacial score (nSPS) is 21.9. The Balaban J connectivity index is 1.06. The fourth-order valence-corrected chi connectivity index (χ4v) is 6.15. The minimum absolute atomic E-state index is 0.00789. The number of ether oxygens (including phenoxy) is 2. The van der Waals surface area contributed by atoms with Crippen molar-refractivity contribution in [3.8, 4) is 0 Å². The first-order chi connectivity index (χ1) is 23.0. The first-order valence-electron chi connectivity index (χ1n) is 15.9. The number of nitrogens with zero attached hydrogens (tertiary/aromatic N) is 6. The molecule has 3 aromatic carbocycles. The number of carbonyl (C=O) groups excluding carboxylic acids is 1. The zero-order valence-corrected chi connectivity index (χ0v) is 26.1. The van der Waals surface area contributed by atoms with E-state index in [1.165, 1.54) is 6.20 Å². The second-order valence-corrected chi connectivity index (χ2v) is 12.0. The van der Waals surface area contributed by atoms with E-state index >= 15 is 0 Å². The van der Waals surface area contributed by atoms with Gasteiger partial charge in [0, 0.05) is 62.3 Å². The molecule has 4 heterocycles. The second kappa shape index (κ2) is 13.9. The van der Waals surface area contributed by atoms with Crippen molar-refractivity contribution in [2.24, 2.45) is 5.92 Å². The molecule has 2 saturated heterocycles. The lowest BCUT2D eigenvalue weighted by Crippen LogP contribution is -2.51. The van der Waals surface area contributed by atoms with Crippen LogP contribution < -0.4 is 10.2 Å². The number of fused-ring (bicyclic) bond motifs is 1. The van der Waals surface area contributed by atoms with Crippen LogP contribution in [0.3, 0.4) is 0 Å². The minimum atomic E-state index is -0.603. The topological polar surface area (TPSA) is 126 Å². The summed E-state index contributed by atoms with van der Waals surface area (Å²) in [7, 11) is 0. The molecule has 240 valence electrons. The molecule has 4 atom stereocenters. The maximum Gasteiger partial charge on any atom is 0.275 e. The Hall–Kier alpha value is -4.81. The number of anilines is 2. The Morgan fingerprint density at radius 2 is 1.55 bits per heavy atom. The molecule has 11 nitrogen and oxygen atoms in total. The Bertz CT molecular complexity index is 1800. The molecule has 2 fully saturated rings. The highest BCUT2D eigenvalue weighted by Crippen LogP contribution is 2.42. The van der Waals surface area contributed by atoms with E-state index in [0.29, 0.717) is 11.2 Å². The van der Waals surface area contributed by atoms with Gasteiger partial charge in [-0.25, -0.2) is 15.0 Å². The van der Waals surface area contributed by atoms with Crippen molar-refractivity contribution in [1.82, 2.24) is 24.8 Å². The number of benzene rings is 3. The number of hydrogen-bond acceptors (Lipinski definition) is 10. The van der Waals surface area contributed by atoms with Gasteiger partial charge < -0.3 is 24.8 Å². The highest BCUT2D eigenvalue weighted by Gasteiger charge is 2.39. The number of para-hydroxylation sites is 2. The molecule has 2 aliphatic heterocycles. The van der Waals surface area contributed by atoms with E-state index in [1.54, 1.807) is 12.4 Å². The Morgan fingerprint density at radius 3 is 2.28 bits per heavy atom. The number of rotatable bonds is 8. The van der Waals surface area contributed by atoms with Gasteiger partial charge >= 0.3 is 0 Å². The maximum atomic E-state index is 13.0. The summed E-state index contributed by atoms with van der Waals surface area (Å²) in [6.45, 7) is 6.37. The summed E-state index contributed by atoms with van der Waals surface area (Å²) in [5, 5.41) is 12.5. The summed E-state index contributed by atoms with van der Waals surface area (Å²) in [5.41, 5.74) is 5.03. The highest BCUT2D eigenvalue weighted by atomic mass is 16.7. The number of carbonyl (C=O) groups is 1. The van der Waals surface area contributed by atoms with Crippen LogP contribution >= 0.6 is 0 Å². The average molecular weight is 632 g/mol. The molecule has 47 heavy (non-hydrogen) atoms. The van der Waals surface area contributed by atoms with Crippen LogP contribution in [0.25, 0.3) is 11.0 Å². The lowest BCUT2D eigenvalue weighted by Gasteiger charge is -2.44. The molecule has 5 aromatic rings. The summed E-state index contributed by atoms with van der Waals surface area (Å²) in [5.74, 6) is 0.503. The van der Waals surface area contributed by atoms with E-state index in [9.17, 15) is 9.90 Å². The van der Waals surface area contributed by atoms with E-state index < -0.39 is 6.29 Å². The van der Waals surface area contributed by atoms with Gasteiger partial charge in [0.1, 0.15) is 5.69 Å². The molecule has 2 aliphatic rings. The summed E-state index contributed by atoms with van der Waals surface area (Å²) in [6.07, 6.45) is 4.13. The zero-order chi connectivity index (χ0) is 32.2. The van der Waals surface area contributed by atoms with Gasteiger partial charge in [0.05, 0.1) is 36.0 Å². The van der Waals surface area contributed by atoms with Crippen LogP contribution in [0.15, 0.2) is 97.5 Å². The molecule has 11 heteroatoms. The number of amides is 1. The van der Waals surface area contributed by atoms with Gasteiger partial charge in [-0.15, -0.1) is 0 Å². The van der Waals surface area contributed by atoms with E-state index in [4.69, 9.17) is 9.47 Å². The van der Waals surface area contributed by atoms with Gasteiger partial charge in [-0.2, -0.15) is 0 Å². The summed E-state index contributed by atoms with van der Waals surface area (Å²) in [6, 6.07) is 24.7.